The fraction of sp³-hybridized carbons (Fsp3) is 0.571. The van der Waals surface area contributed by atoms with Crippen molar-refractivity contribution in [1.29, 1.82) is 0 Å². The van der Waals surface area contributed by atoms with Gasteiger partial charge in [0.25, 0.3) is 0 Å². The van der Waals surface area contributed by atoms with Crippen molar-refractivity contribution >= 4 is 0 Å². The molecule has 7 heteroatoms. The molecule has 0 unspecified atom stereocenters. The summed E-state index contributed by atoms with van der Waals surface area (Å²) < 4.78 is 51.5. The lowest BCUT2D eigenvalue weighted by Crippen LogP contribution is -2.45. The summed E-state index contributed by atoms with van der Waals surface area (Å²) in [6.45, 7) is 2.48. The highest BCUT2D eigenvalue weighted by Crippen LogP contribution is 2.33. The summed E-state index contributed by atoms with van der Waals surface area (Å²) >= 11 is 0. The van der Waals surface area contributed by atoms with Gasteiger partial charge in [0.1, 0.15) is 11.6 Å². The van der Waals surface area contributed by atoms with Crippen LogP contribution in [0.4, 0.5) is 17.6 Å². The van der Waals surface area contributed by atoms with Gasteiger partial charge in [-0.15, -0.1) is 0 Å². The molecule has 1 aromatic carbocycles. The van der Waals surface area contributed by atoms with Crippen LogP contribution < -0.4 is 5.32 Å². The van der Waals surface area contributed by atoms with Crippen molar-refractivity contribution in [2.75, 3.05) is 26.2 Å². The number of aromatic hydroxyl groups is 1. The van der Waals surface area contributed by atoms with Crippen LogP contribution in [0.2, 0.25) is 0 Å². The van der Waals surface area contributed by atoms with Crippen LogP contribution in [-0.4, -0.2) is 42.4 Å². The third-order valence-electron chi connectivity index (χ3n) is 3.64. The number of alkyl halides is 3. The minimum atomic E-state index is -4.26. The standard InChI is InChI=1S/C14H18F4N2O/c15-12-9-10(21)1-2-11(12)13(3-4-14(16,17)18)20-7-5-19-6-8-20/h1-2,9,13,19,21H,3-8H2/t13-/m0/s1. The lowest BCUT2D eigenvalue weighted by molar-refractivity contribution is -0.138. The fourth-order valence-electron chi connectivity index (χ4n) is 2.62. The zero-order valence-electron chi connectivity index (χ0n) is 11.5. The summed E-state index contributed by atoms with van der Waals surface area (Å²) in [6.07, 6.45) is -5.41. The minimum absolute atomic E-state index is 0.189. The van der Waals surface area contributed by atoms with Crippen LogP contribution >= 0.6 is 0 Å². The molecule has 0 spiro atoms. The van der Waals surface area contributed by atoms with Gasteiger partial charge in [-0.1, -0.05) is 6.07 Å². The maximum absolute atomic E-state index is 14.0. The average molecular weight is 306 g/mol. The number of piperazine rings is 1. The normalized spacial score (nSPS) is 18.7. The number of rotatable bonds is 4. The molecule has 0 amide bonds. The van der Waals surface area contributed by atoms with Crippen LogP contribution in [0, 0.1) is 5.82 Å². The molecule has 1 aliphatic rings. The van der Waals surface area contributed by atoms with E-state index in [-0.39, 0.29) is 17.7 Å². The van der Waals surface area contributed by atoms with Crippen molar-refractivity contribution in [1.82, 2.24) is 10.2 Å². The van der Waals surface area contributed by atoms with Crippen molar-refractivity contribution in [2.45, 2.75) is 25.1 Å². The predicted molar refractivity (Wildman–Crippen MR) is 70.5 cm³/mol. The molecule has 0 saturated carbocycles. The van der Waals surface area contributed by atoms with Gasteiger partial charge in [-0.25, -0.2) is 4.39 Å². The number of hydrogen-bond acceptors (Lipinski definition) is 3. The molecule has 0 aromatic heterocycles. The summed E-state index contributed by atoms with van der Waals surface area (Å²) in [4.78, 5) is 1.86. The molecule has 0 bridgehead atoms. The van der Waals surface area contributed by atoms with Crippen LogP contribution in [-0.2, 0) is 0 Å². The lowest BCUT2D eigenvalue weighted by atomic mass is 9.98. The van der Waals surface area contributed by atoms with E-state index in [4.69, 9.17) is 0 Å². The van der Waals surface area contributed by atoms with Crippen molar-refractivity contribution in [3.05, 3.63) is 29.6 Å². The molecule has 1 aromatic rings. The van der Waals surface area contributed by atoms with Gasteiger partial charge in [0.15, 0.2) is 0 Å². The smallest absolute Gasteiger partial charge is 0.389 e. The van der Waals surface area contributed by atoms with Crippen molar-refractivity contribution in [2.24, 2.45) is 0 Å². The maximum atomic E-state index is 14.0. The number of phenolic OH excluding ortho intramolecular Hbond substituents is 1. The molecule has 21 heavy (non-hydrogen) atoms. The van der Waals surface area contributed by atoms with Crippen LogP contribution in [0.5, 0.6) is 5.75 Å². The average Bonchev–Trinajstić information content (AvgIpc) is 2.41. The van der Waals surface area contributed by atoms with Gasteiger partial charge < -0.3 is 10.4 Å². The highest BCUT2D eigenvalue weighted by atomic mass is 19.4. The second kappa shape index (κ2) is 6.62. The van der Waals surface area contributed by atoms with E-state index in [1.807, 2.05) is 4.90 Å². The Morgan fingerprint density at radius 2 is 1.90 bits per heavy atom. The second-order valence-electron chi connectivity index (χ2n) is 5.16. The molecule has 2 N–H and O–H groups in total. The van der Waals surface area contributed by atoms with Gasteiger partial charge in [0, 0.05) is 50.3 Å². The van der Waals surface area contributed by atoms with E-state index < -0.39 is 24.5 Å². The Labute approximate surface area is 120 Å². The molecular formula is C14H18F4N2O. The summed E-state index contributed by atoms with van der Waals surface area (Å²) in [5.74, 6) is -0.896. The van der Waals surface area contributed by atoms with E-state index in [0.29, 0.717) is 26.2 Å². The van der Waals surface area contributed by atoms with Crippen LogP contribution in [0.15, 0.2) is 18.2 Å². The topological polar surface area (TPSA) is 35.5 Å². The van der Waals surface area contributed by atoms with E-state index >= 15 is 0 Å². The van der Waals surface area contributed by atoms with E-state index in [9.17, 15) is 22.7 Å². The van der Waals surface area contributed by atoms with Gasteiger partial charge in [0.2, 0.25) is 0 Å². The molecular weight excluding hydrogens is 288 g/mol. The maximum Gasteiger partial charge on any atom is 0.389 e. The Morgan fingerprint density at radius 3 is 2.48 bits per heavy atom. The highest BCUT2D eigenvalue weighted by Gasteiger charge is 2.32. The van der Waals surface area contributed by atoms with E-state index in [0.717, 1.165) is 6.07 Å². The first-order chi connectivity index (χ1) is 9.87. The number of hydrogen-bond donors (Lipinski definition) is 2. The summed E-state index contributed by atoms with van der Waals surface area (Å²) in [6, 6.07) is 2.99. The van der Waals surface area contributed by atoms with E-state index in [1.54, 1.807) is 0 Å². The first kappa shape index (κ1) is 16.0. The molecule has 1 aliphatic heterocycles. The molecule has 2 rings (SSSR count). The number of phenols is 1. The number of nitrogens with one attached hydrogen (secondary N) is 1. The summed E-state index contributed by atoms with van der Waals surface area (Å²) in [5, 5.41) is 12.4. The first-order valence-electron chi connectivity index (χ1n) is 6.87. The monoisotopic (exact) mass is 306 g/mol. The molecule has 1 saturated heterocycles. The second-order valence-corrected chi connectivity index (χ2v) is 5.16. The lowest BCUT2D eigenvalue weighted by Gasteiger charge is -2.35. The van der Waals surface area contributed by atoms with Crippen LogP contribution in [0.1, 0.15) is 24.4 Å². The summed E-state index contributed by atoms with van der Waals surface area (Å²) in [5.41, 5.74) is 0.207. The fourth-order valence-corrected chi connectivity index (χ4v) is 2.62. The first-order valence-corrected chi connectivity index (χ1v) is 6.87. The number of benzene rings is 1. The Morgan fingerprint density at radius 1 is 1.24 bits per heavy atom. The van der Waals surface area contributed by atoms with Crippen molar-refractivity contribution in [3.8, 4) is 5.75 Å². The highest BCUT2D eigenvalue weighted by molar-refractivity contribution is 5.30. The zero-order valence-corrected chi connectivity index (χ0v) is 11.5. The SMILES string of the molecule is Oc1ccc([C@H](CCC(F)(F)F)N2CCNCC2)c(F)c1. The quantitative estimate of drug-likeness (QED) is 0.840. The number of halogens is 4. The molecule has 0 aliphatic carbocycles. The number of nitrogens with zero attached hydrogens (tertiary/aromatic N) is 1. The van der Waals surface area contributed by atoms with Gasteiger partial charge in [-0.3, -0.25) is 4.90 Å². The van der Waals surface area contributed by atoms with Gasteiger partial charge in [-0.05, 0) is 12.5 Å². The van der Waals surface area contributed by atoms with Crippen LogP contribution in [0.25, 0.3) is 0 Å². The third-order valence-corrected chi connectivity index (χ3v) is 3.64. The van der Waals surface area contributed by atoms with Gasteiger partial charge >= 0.3 is 6.18 Å². The molecule has 118 valence electrons. The van der Waals surface area contributed by atoms with Crippen LogP contribution in [0.3, 0.4) is 0 Å². The van der Waals surface area contributed by atoms with E-state index in [1.165, 1.54) is 12.1 Å². The Bertz CT molecular complexity index is 473. The third kappa shape index (κ3) is 4.57. The van der Waals surface area contributed by atoms with Crippen molar-refractivity contribution < 1.29 is 22.7 Å². The molecule has 1 heterocycles. The van der Waals surface area contributed by atoms with E-state index in [2.05, 4.69) is 5.32 Å². The minimum Gasteiger partial charge on any atom is -0.508 e. The Hall–Kier alpha value is -1.34. The molecule has 0 radical (unpaired) electrons. The van der Waals surface area contributed by atoms with Gasteiger partial charge in [-0.2, -0.15) is 13.2 Å². The Balaban J connectivity index is 2.21. The largest absolute Gasteiger partial charge is 0.508 e. The zero-order chi connectivity index (χ0) is 15.5. The summed E-state index contributed by atoms with van der Waals surface area (Å²) in [7, 11) is 0. The van der Waals surface area contributed by atoms with Crippen molar-refractivity contribution in [3.63, 3.8) is 0 Å². The molecule has 1 fully saturated rings. The molecule has 1 atom stereocenters. The molecule has 3 nitrogen and oxygen atoms in total. The van der Waals surface area contributed by atoms with Gasteiger partial charge in [0.05, 0.1) is 0 Å². The predicted octanol–water partition coefficient (Wildman–Crippen LogP) is 2.82. The Kier molecular flexibility index (Phi) is 5.05.